The number of aromatic nitrogens is 1. The Kier molecular flexibility index (Phi) is 19.1. The lowest BCUT2D eigenvalue weighted by Gasteiger charge is -2.16. The number of ether oxygens (including phenoxy) is 3. The molecule has 0 aliphatic rings. The van der Waals surface area contributed by atoms with Gasteiger partial charge in [0, 0.05) is 5.56 Å². The molecule has 1 aromatic carbocycles. The number of hydrogen-bond acceptors (Lipinski definition) is 10. The summed E-state index contributed by atoms with van der Waals surface area (Å²) in [4.78, 5) is 54.7. The molecular formula is C39H59N3O8. The molecule has 2 rings (SSSR count). The number of pyridine rings is 1. The van der Waals surface area contributed by atoms with Crippen molar-refractivity contribution in [3.63, 3.8) is 0 Å². The second-order valence-electron chi connectivity index (χ2n) is 13.1. The third-order valence-electron chi connectivity index (χ3n) is 9.31. The first-order chi connectivity index (χ1) is 24.0. The molecule has 1 aromatic heterocycles. The van der Waals surface area contributed by atoms with Crippen molar-refractivity contribution in [3.05, 3.63) is 50.8 Å². The van der Waals surface area contributed by atoms with Crippen LogP contribution in [0.2, 0.25) is 0 Å². The number of nitrogens with zero attached hydrogens (tertiary/aromatic N) is 2. The highest BCUT2D eigenvalue weighted by Crippen LogP contribution is 2.29. The van der Waals surface area contributed by atoms with Crippen molar-refractivity contribution in [3.8, 4) is 5.88 Å². The molecule has 0 bridgehead atoms. The van der Waals surface area contributed by atoms with Crippen LogP contribution in [-0.2, 0) is 14.2 Å². The van der Waals surface area contributed by atoms with Gasteiger partial charge in [0.25, 0.3) is 5.56 Å². The number of nitrogens with one attached hydrogen (secondary N) is 1. The molecule has 0 fully saturated rings. The lowest BCUT2D eigenvalue weighted by molar-refractivity contribution is 0.0415. The van der Waals surface area contributed by atoms with E-state index < -0.39 is 29.3 Å². The molecule has 0 radical (unpaired) electrons. The summed E-state index contributed by atoms with van der Waals surface area (Å²) < 4.78 is 16.8. The van der Waals surface area contributed by atoms with Crippen LogP contribution in [0.5, 0.6) is 5.88 Å². The zero-order valence-electron chi connectivity index (χ0n) is 31.3. The molecule has 0 saturated heterocycles. The van der Waals surface area contributed by atoms with E-state index in [4.69, 9.17) is 14.2 Å². The van der Waals surface area contributed by atoms with Crippen LogP contribution in [0.1, 0.15) is 155 Å². The third-order valence-corrected chi connectivity index (χ3v) is 9.31. The average Bonchev–Trinajstić information content (AvgIpc) is 3.11. The van der Waals surface area contributed by atoms with E-state index in [2.05, 4.69) is 49.8 Å². The largest absolute Gasteiger partial charge is 0.494 e. The topological polar surface area (TPSA) is 157 Å². The van der Waals surface area contributed by atoms with Crippen molar-refractivity contribution in [1.29, 1.82) is 0 Å². The Labute approximate surface area is 297 Å². The molecular weight excluding hydrogens is 638 g/mol. The van der Waals surface area contributed by atoms with E-state index >= 15 is 0 Å². The minimum atomic E-state index is -0.797. The van der Waals surface area contributed by atoms with Crippen molar-refractivity contribution in [2.24, 2.45) is 28.0 Å². The van der Waals surface area contributed by atoms with Gasteiger partial charge >= 0.3 is 17.9 Å². The Bertz CT molecular complexity index is 1470. The summed E-state index contributed by atoms with van der Waals surface area (Å²) >= 11 is 0. The maximum atomic E-state index is 13.3. The number of H-pyrrole nitrogens is 1. The molecule has 2 N–H and O–H groups in total. The minimum Gasteiger partial charge on any atom is -0.494 e. The number of carbonyl (C=O) groups is 3. The Morgan fingerprint density at radius 1 is 0.720 bits per heavy atom. The van der Waals surface area contributed by atoms with Crippen LogP contribution in [0.15, 0.2) is 33.2 Å². The number of azo groups is 1. The zero-order valence-corrected chi connectivity index (χ0v) is 31.3. The van der Waals surface area contributed by atoms with Crippen molar-refractivity contribution in [2.75, 3.05) is 19.8 Å². The molecule has 2 aromatic rings. The highest BCUT2D eigenvalue weighted by Gasteiger charge is 2.24. The molecule has 3 atom stereocenters. The van der Waals surface area contributed by atoms with E-state index in [0.717, 1.165) is 77.0 Å². The van der Waals surface area contributed by atoms with Gasteiger partial charge in [0.15, 0.2) is 5.69 Å². The Balaban J connectivity index is 2.47. The summed E-state index contributed by atoms with van der Waals surface area (Å²) in [7, 11) is 0. The fourth-order valence-corrected chi connectivity index (χ4v) is 5.59. The van der Waals surface area contributed by atoms with E-state index in [1.165, 1.54) is 25.1 Å². The fraction of sp³-hybridized carbons (Fsp3) is 0.641. The van der Waals surface area contributed by atoms with Crippen LogP contribution in [0.3, 0.4) is 0 Å². The maximum absolute atomic E-state index is 13.3. The minimum absolute atomic E-state index is 0.0122. The summed E-state index contributed by atoms with van der Waals surface area (Å²) in [6.45, 7) is 14.6. The summed E-state index contributed by atoms with van der Waals surface area (Å²) in [6.07, 6.45) is 11.6. The lowest BCUT2D eigenvalue weighted by Crippen LogP contribution is -2.18. The van der Waals surface area contributed by atoms with E-state index in [9.17, 15) is 24.3 Å². The van der Waals surface area contributed by atoms with Crippen LogP contribution in [0.25, 0.3) is 0 Å². The zero-order chi connectivity index (χ0) is 37.1. The number of aromatic hydroxyl groups is 1. The number of benzene rings is 1. The molecule has 278 valence electrons. The van der Waals surface area contributed by atoms with Crippen LogP contribution in [0, 0.1) is 24.7 Å². The number of aromatic amines is 1. The maximum Gasteiger partial charge on any atom is 0.343 e. The second-order valence-corrected chi connectivity index (χ2v) is 13.1. The first-order valence-electron chi connectivity index (χ1n) is 18.6. The van der Waals surface area contributed by atoms with Gasteiger partial charge in [0.05, 0.1) is 30.9 Å². The van der Waals surface area contributed by atoms with Gasteiger partial charge in [-0.05, 0) is 62.1 Å². The Hall–Kier alpha value is -4.02. The summed E-state index contributed by atoms with van der Waals surface area (Å²) in [5.74, 6) is -2.04. The molecule has 0 amide bonds. The highest BCUT2D eigenvalue weighted by molar-refractivity contribution is 5.98. The van der Waals surface area contributed by atoms with E-state index in [1.54, 1.807) is 0 Å². The third kappa shape index (κ3) is 13.0. The smallest absolute Gasteiger partial charge is 0.343 e. The van der Waals surface area contributed by atoms with Gasteiger partial charge in [0.1, 0.15) is 11.3 Å². The normalized spacial score (nSPS) is 13.2. The van der Waals surface area contributed by atoms with Crippen molar-refractivity contribution in [1.82, 2.24) is 4.98 Å². The SMILES string of the molecule is CCCCC(CC)COC(=O)c1ccc(C(=O)OCC(CC)CCCC)c(N=Nc2c(C)c(C(=O)OCC(CC)CCCC)c(O)[nH]c2=O)c1. The number of esters is 3. The number of unbranched alkanes of at least 4 members (excludes halogenated alkanes) is 3. The molecule has 11 nitrogen and oxygen atoms in total. The first-order valence-corrected chi connectivity index (χ1v) is 18.6. The molecule has 3 unspecified atom stereocenters. The summed E-state index contributed by atoms with van der Waals surface area (Å²) in [5, 5.41) is 18.9. The predicted octanol–water partition coefficient (Wildman–Crippen LogP) is 9.92. The molecule has 0 aliphatic heterocycles. The van der Waals surface area contributed by atoms with Gasteiger partial charge in [-0.3, -0.25) is 9.78 Å². The Morgan fingerprint density at radius 2 is 1.20 bits per heavy atom. The second kappa shape index (κ2) is 22.6. The fourth-order valence-electron chi connectivity index (χ4n) is 5.59. The number of carbonyl (C=O) groups excluding carboxylic acids is 3. The van der Waals surface area contributed by atoms with Crippen molar-refractivity contribution >= 4 is 29.3 Å². The molecule has 0 spiro atoms. The average molecular weight is 698 g/mol. The summed E-state index contributed by atoms with van der Waals surface area (Å²) in [6, 6.07) is 4.30. The van der Waals surface area contributed by atoms with Gasteiger partial charge in [-0.1, -0.05) is 99.3 Å². The monoisotopic (exact) mass is 697 g/mol. The number of rotatable bonds is 23. The van der Waals surface area contributed by atoms with Gasteiger partial charge in [0.2, 0.25) is 5.88 Å². The molecule has 0 aliphatic carbocycles. The standard InChI is InChI=1S/C39H59N3O8/c1-8-14-17-27(11-4)23-48-37(45)30-20-21-31(38(46)49-24-28(12-5)18-15-9-2)32(22-30)41-42-34-26(7)33(35(43)40-36(34)44)39(47)50-25-29(13-6)19-16-10-3/h20-22,27-29H,8-19,23-25H2,1-7H3,(H2,40,43,44). The van der Waals surface area contributed by atoms with Gasteiger partial charge in [-0.25, -0.2) is 14.4 Å². The molecule has 1 heterocycles. The summed E-state index contributed by atoms with van der Waals surface area (Å²) in [5.41, 5.74) is -1.03. The van der Waals surface area contributed by atoms with E-state index in [-0.39, 0.29) is 71.2 Å². The number of hydrogen-bond donors (Lipinski definition) is 2. The van der Waals surface area contributed by atoms with Crippen molar-refractivity contribution in [2.45, 2.75) is 126 Å². The van der Waals surface area contributed by atoms with Gasteiger partial charge in [-0.15, -0.1) is 10.2 Å². The predicted molar refractivity (Wildman–Crippen MR) is 195 cm³/mol. The van der Waals surface area contributed by atoms with E-state index in [0.29, 0.717) is 0 Å². The molecule has 0 saturated carbocycles. The van der Waals surface area contributed by atoms with Crippen LogP contribution in [0.4, 0.5) is 11.4 Å². The van der Waals surface area contributed by atoms with E-state index in [1.807, 2.05) is 6.92 Å². The van der Waals surface area contributed by atoms with Gasteiger partial charge in [-0.2, -0.15) is 0 Å². The highest BCUT2D eigenvalue weighted by atomic mass is 16.5. The lowest BCUT2D eigenvalue weighted by atomic mass is 10.0. The first kappa shape index (κ1) is 42.1. The molecule has 50 heavy (non-hydrogen) atoms. The Morgan fingerprint density at radius 3 is 1.68 bits per heavy atom. The van der Waals surface area contributed by atoms with Crippen molar-refractivity contribution < 1.29 is 33.7 Å². The van der Waals surface area contributed by atoms with Crippen LogP contribution < -0.4 is 5.56 Å². The van der Waals surface area contributed by atoms with Crippen LogP contribution >= 0.6 is 0 Å². The van der Waals surface area contributed by atoms with Crippen LogP contribution in [-0.4, -0.2) is 47.8 Å². The molecule has 11 heteroatoms. The van der Waals surface area contributed by atoms with Gasteiger partial charge < -0.3 is 19.3 Å². The quantitative estimate of drug-likeness (QED) is 0.0660.